The molecule has 0 saturated carbocycles. The van der Waals surface area contributed by atoms with Crippen molar-refractivity contribution in [1.29, 1.82) is 5.26 Å². The third kappa shape index (κ3) is 1.86. The van der Waals surface area contributed by atoms with Crippen LogP contribution in [-0.2, 0) is 0 Å². The number of nitrogens with zero attached hydrogens (tertiary/aromatic N) is 2. The van der Waals surface area contributed by atoms with Gasteiger partial charge in [0.15, 0.2) is 5.58 Å². The lowest BCUT2D eigenvalue weighted by molar-refractivity contribution is 0.459. The number of nitrogens with two attached hydrogens (primary N) is 1. The summed E-state index contributed by atoms with van der Waals surface area (Å²) in [7, 11) is 0. The van der Waals surface area contributed by atoms with Crippen LogP contribution in [0.4, 0.5) is 0 Å². The van der Waals surface area contributed by atoms with Gasteiger partial charge in [-0.15, -0.1) is 0 Å². The Labute approximate surface area is 110 Å². The predicted molar refractivity (Wildman–Crippen MR) is 72.0 cm³/mol. The van der Waals surface area contributed by atoms with Gasteiger partial charge in [0.05, 0.1) is 6.07 Å². The zero-order valence-electron chi connectivity index (χ0n) is 10.1. The Bertz CT molecular complexity index is 770. The molecule has 3 rings (SSSR count). The highest BCUT2D eigenvalue weighted by atomic mass is 16.5. The minimum absolute atomic E-state index is 0.674. The van der Waals surface area contributed by atoms with Crippen molar-refractivity contribution in [2.24, 2.45) is 5.73 Å². The summed E-state index contributed by atoms with van der Waals surface area (Å²) < 4.78 is 5.30. The molecule has 1 heterocycles. The molecule has 0 fully saturated rings. The van der Waals surface area contributed by atoms with Gasteiger partial charge in [-0.2, -0.15) is 5.26 Å². The second kappa shape index (κ2) is 4.56. The fraction of sp³-hybridized carbons (Fsp3) is 0.0667. The number of hydrogen-bond donors (Lipinski definition) is 1. The lowest BCUT2D eigenvalue weighted by Crippen LogP contribution is -2.08. The number of hydrogen-bond acceptors (Lipinski definition) is 4. The molecule has 4 heteroatoms. The Balaban J connectivity index is 2.25. The van der Waals surface area contributed by atoms with E-state index in [-0.39, 0.29) is 0 Å². The van der Waals surface area contributed by atoms with Crippen LogP contribution < -0.4 is 5.73 Å². The summed E-state index contributed by atoms with van der Waals surface area (Å²) in [5.74, 6) is 0. The predicted octanol–water partition coefficient (Wildman–Crippen LogP) is 3.02. The molecule has 0 aliphatic heterocycles. The van der Waals surface area contributed by atoms with Crippen LogP contribution in [0.15, 0.2) is 53.1 Å². The van der Waals surface area contributed by atoms with Crippen molar-refractivity contribution in [2.75, 3.05) is 0 Å². The van der Waals surface area contributed by atoms with Crippen LogP contribution in [-0.4, -0.2) is 5.16 Å². The Hall–Kier alpha value is -2.64. The van der Waals surface area contributed by atoms with Crippen LogP contribution in [0.3, 0.4) is 0 Å². The average molecular weight is 249 g/mol. The van der Waals surface area contributed by atoms with Gasteiger partial charge in [-0.3, -0.25) is 0 Å². The maximum absolute atomic E-state index is 9.00. The molecule has 2 N–H and O–H groups in total. The molecule has 1 unspecified atom stereocenters. The van der Waals surface area contributed by atoms with E-state index in [1.807, 2.05) is 48.5 Å². The molecule has 1 atom stereocenters. The number of fused-ring (bicyclic) bond motifs is 1. The highest BCUT2D eigenvalue weighted by Crippen LogP contribution is 2.31. The summed E-state index contributed by atoms with van der Waals surface area (Å²) >= 11 is 0. The molecular formula is C15H11N3O. The van der Waals surface area contributed by atoms with E-state index in [2.05, 4.69) is 11.2 Å². The van der Waals surface area contributed by atoms with Crippen LogP contribution in [0.2, 0.25) is 0 Å². The molecule has 0 saturated heterocycles. The number of aromatic nitrogens is 1. The van der Waals surface area contributed by atoms with Crippen LogP contribution in [0.1, 0.15) is 11.6 Å². The van der Waals surface area contributed by atoms with E-state index in [1.165, 1.54) is 0 Å². The van der Waals surface area contributed by atoms with E-state index in [1.54, 1.807) is 0 Å². The normalized spacial score (nSPS) is 12.2. The number of nitriles is 1. The van der Waals surface area contributed by atoms with E-state index in [0.29, 0.717) is 0 Å². The van der Waals surface area contributed by atoms with Crippen molar-refractivity contribution in [3.05, 3.63) is 54.1 Å². The smallest absolute Gasteiger partial charge is 0.167 e. The monoisotopic (exact) mass is 249 g/mol. The first-order chi connectivity index (χ1) is 9.31. The molecule has 1 aromatic heterocycles. The molecule has 92 valence electrons. The minimum atomic E-state index is -0.674. The van der Waals surface area contributed by atoms with Crippen molar-refractivity contribution in [2.45, 2.75) is 6.04 Å². The molecule has 3 aromatic rings. The van der Waals surface area contributed by atoms with Crippen LogP contribution in [0.5, 0.6) is 0 Å². The first kappa shape index (κ1) is 11.5. The third-order valence-electron chi connectivity index (χ3n) is 3.07. The Morgan fingerprint density at radius 2 is 1.84 bits per heavy atom. The van der Waals surface area contributed by atoms with E-state index in [4.69, 9.17) is 15.5 Å². The SMILES string of the molecule is N#CC(N)c1ccccc1-c1noc2ccccc12. The van der Waals surface area contributed by atoms with Crippen molar-refractivity contribution < 1.29 is 4.52 Å². The zero-order valence-corrected chi connectivity index (χ0v) is 10.1. The first-order valence-corrected chi connectivity index (χ1v) is 5.90. The van der Waals surface area contributed by atoms with Gasteiger partial charge in [0.1, 0.15) is 11.7 Å². The molecule has 19 heavy (non-hydrogen) atoms. The first-order valence-electron chi connectivity index (χ1n) is 5.90. The summed E-state index contributed by atoms with van der Waals surface area (Å²) in [5.41, 5.74) is 8.85. The molecule has 0 aliphatic rings. The van der Waals surface area contributed by atoms with Gasteiger partial charge in [0, 0.05) is 10.9 Å². The van der Waals surface area contributed by atoms with Crippen molar-refractivity contribution >= 4 is 11.0 Å². The summed E-state index contributed by atoms with van der Waals surface area (Å²) in [6, 6.07) is 16.5. The Kier molecular flexibility index (Phi) is 2.75. The van der Waals surface area contributed by atoms with Crippen molar-refractivity contribution in [3.63, 3.8) is 0 Å². The standard InChI is InChI=1S/C15H11N3O/c16-9-13(17)10-5-1-2-6-11(10)15-12-7-3-4-8-14(12)19-18-15/h1-8,13H,17H2. The van der Waals surface area contributed by atoms with Crippen LogP contribution in [0.25, 0.3) is 22.2 Å². The van der Waals surface area contributed by atoms with Gasteiger partial charge in [-0.25, -0.2) is 0 Å². The number of rotatable bonds is 2. The van der Waals surface area contributed by atoms with Gasteiger partial charge in [-0.1, -0.05) is 41.6 Å². The summed E-state index contributed by atoms with van der Waals surface area (Å²) in [4.78, 5) is 0. The summed E-state index contributed by atoms with van der Waals surface area (Å²) in [6.07, 6.45) is 0. The van der Waals surface area contributed by atoms with E-state index >= 15 is 0 Å². The van der Waals surface area contributed by atoms with Crippen molar-refractivity contribution in [1.82, 2.24) is 5.16 Å². The quantitative estimate of drug-likeness (QED) is 0.757. The van der Waals surface area contributed by atoms with Gasteiger partial charge in [-0.05, 0) is 17.7 Å². The topological polar surface area (TPSA) is 75.8 Å². The maximum atomic E-state index is 9.00. The highest BCUT2D eigenvalue weighted by molar-refractivity contribution is 5.92. The van der Waals surface area contributed by atoms with E-state index < -0.39 is 6.04 Å². The maximum Gasteiger partial charge on any atom is 0.167 e. The molecule has 0 spiro atoms. The van der Waals surface area contributed by atoms with Crippen LogP contribution >= 0.6 is 0 Å². The zero-order chi connectivity index (χ0) is 13.2. The van der Waals surface area contributed by atoms with Gasteiger partial charge in [0.25, 0.3) is 0 Å². The van der Waals surface area contributed by atoms with Gasteiger partial charge in [0.2, 0.25) is 0 Å². The van der Waals surface area contributed by atoms with Crippen LogP contribution in [0, 0.1) is 11.3 Å². The second-order valence-electron chi connectivity index (χ2n) is 4.22. The highest BCUT2D eigenvalue weighted by Gasteiger charge is 2.16. The average Bonchev–Trinajstić information content (AvgIpc) is 2.90. The molecular weight excluding hydrogens is 238 g/mol. The number of para-hydroxylation sites is 1. The lowest BCUT2D eigenvalue weighted by Gasteiger charge is -2.08. The molecule has 0 aliphatic carbocycles. The Morgan fingerprint density at radius 1 is 1.11 bits per heavy atom. The fourth-order valence-electron chi connectivity index (χ4n) is 2.13. The fourth-order valence-corrected chi connectivity index (χ4v) is 2.13. The van der Waals surface area contributed by atoms with E-state index in [0.717, 1.165) is 27.8 Å². The third-order valence-corrected chi connectivity index (χ3v) is 3.07. The largest absolute Gasteiger partial charge is 0.356 e. The minimum Gasteiger partial charge on any atom is -0.356 e. The van der Waals surface area contributed by atoms with Gasteiger partial charge >= 0.3 is 0 Å². The summed E-state index contributed by atoms with van der Waals surface area (Å²) in [6.45, 7) is 0. The van der Waals surface area contributed by atoms with Gasteiger partial charge < -0.3 is 10.3 Å². The Morgan fingerprint density at radius 3 is 2.68 bits per heavy atom. The molecule has 0 radical (unpaired) electrons. The number of benzene rings is 2. The van der Waals surface area contributed by atoms with E-state index in [9.17, 15) is 0 Å². The lowest BCUT2D eigenvalue weighted by atomic mass is 9.97. The van der Waals surface area contributed by atoms with Crippen molar-refractivity contribution in [3.8, 4) is 17.3 Å². The molecule has 2 aromatic carbocycles. The molecule has 4 nitrogen and oxygen atoms in total. The second-order valence-corrected chi connectivity index (χ2v) is 4.22. The molecule has 0 bridgehead atoms. The summed E-state index contributed by atoms with van der Waals surface area (Å²) in [5, 5.41) is 14.0. The molecule has 0 amide bonds.